The van der Waals surface area contributed by atoms with Crippen LogP contribution in [0.4, 0.5) is 0 Å². The highest BCUT2D eigenvalue weighted by atomic mass is 16.5. The smallest absolute Gasteiger partial charge is 0.260 e. The van der Waals surface area contributed by atoms with E-state index in [0.29, 0.717) is 5.75 Å². The summed E-state index contributed by atoms with van der Waals surface area (Å²) < 4.78 is 5.79. The van der Waals surface area contributed by atoms with E-state index in [2.05, 4.69) is 20.9 Å². The number of carbonyl (C=O) groups excluding carboxylic acids is 1. The molecule has 0 spiro atoms. The normalized spacial score (nSPS) is 15.4. The first-order chi connectivity index (χ1) is 13.2. The van der Waals surface area contributed by atoms with E-state index >= 15 is 0 Å². The van der Waals surface area contributed by atoms with Gasteiger partial charge in [-0.25, -0.2) is 0 Å². The lowest BCUT2D eigenvalue weighted by Crippen LogP contribution is -2.38. The van der Waals surface area contributed by atoms with E-state index in [4.69, 9.17) is 4.74 Å². The molecule has 2 aromatic rings. The Labute approximate surface area is 161 Å². The Morgan fingerprint density at radius 2 is 2.07 bits per heavy atom. The van der Waals surface area contributed by atoms with Crippen LogP contribution in [-0.4, -0.2) is 58.5 Å². The second-order valence-electron chi connectivity index (χ2n) is 6.91. The van der Waals surface area contributed by atoms with E-state index in [-0.39, 0.29) is 12.5 Å². The Hall–Kier alpha value is -2.47. The van der Waals surface area contributed by atoms with Crippen molar-refractivity contribution in [2.75, 3.05) is 32.8 Å². The van der Waals surface area contributed by atoms with Crippen LogP contribution in [0.1, 0.15) is 30.3 Å². The zero-order valence-electron chi connectivity index (χ0n) is 16.2. The van der Waals surface area contributed by atoms with Gasteiger partial charge in [-0.15, -0.1) is 0 Å². The van der Waals surface area contributed by atoms with Gasteiger partial charge >= 0.3 is 0 Å². The summed E-state index contributed by atoms with van der Waals surface area (Å²) in [5, 5.41) is 0. The van der Waals surface area contributed by atoms with Crippen molar-refractivity contribution in [3.05, 3.63) is 53.6 Å². The van der Waals surface area contributed by atoms with E-state index in [9.17, 15) is 4.79 Å². The van der Waals surface area contributed by atoms with E-state index < -0.39 is 0 Å². The van der Waals surface area contributed by atoms with Crippen molar-refractivity contribution in [1.82, 2.24) is 19.8 Å². The number of hydrogen-bond acceptors (Lipinski definition) is 5. The van der Waals surface area contributed by atoms with Crippen LogP contribution in [0.25, 0.3) is 0 Å². The minimum Gasteiger partial charge on any atom is -0.482 e. The molecule has 1 fully saturated rings. The highest BCUT2D eigenvalue weighted by Gasteiger charge is 2.20. The Balaban J connectivity index is 1.51. The topological polar surface area (TPSA) is 58.6 Å². The molecule has 0 saturated carbocycles. The molecule has 0 N–H and O–H groups in total. The summed E-state index contributed by atoms with van der Waals surface area (Å²) in [7, 11) is 0. The molecule has 1 aliphatic heterocycles. The highest BCUT2D eigenvalue weighted by Crippen LogP contribution is 2.17. The van der Waals surface area contributed by atoms with Crippen LogP contribution in [-0.2, 0) is 17.8 Å². The number of nitrogens with zero attached hydrogens (tertiary/aromatic N) is 4. The summed E-state index contributed by atoms with van der Waals surface area (Å²) in [4.78, 5) is 25.6. The quantitative estimate of drug-likeness (QED) is 0.784. The van der Waals surface area contributed by atoms with Crippen LogP contribution in [0.2, 0.25) is 0 Å². The number of rotatable bonds is 6. The van der Waals surface area contributed by atoms with Gasteiger partial charge in [-0.05, 0) is 43.5 Å². The second-order valence-corrected chi connectivity index (χ2v) is 6.91. The first-order valence-corrected chi connectivity index (χ1v) is 9.64. The van der Waals surface area contributed by atoms with E-state index in [1.54, 1.807) is 6.20 Å². The molecule has 1 aliphatic rings. The Bertz CT molecular complexity index is 751. The molecule has 144 valence electrons. The average Bonchev–Trinajstić information content (AvgIpc) is 2.93. The number of hydrogen-bond donors (Lipinski definition) is 0. The van der Waals surface area contributed by atoms with Crippen molar-refractivity contribution in [3.8, 4) is 5.75 Å². The second kappa shape index (κ2) is 9.46. The molecule has 0 aromatic carbocycles. The fourth-order valence-electron chi connectivity index (χ4n) is 3.34. The molecular weight excluding hydrogens is 340 g/mol. The van der Waals surface area contributed by atoms with Gasteiger partial charge < -0.3 is 9.64 Å². The first kappa shape index (κ1) is 19.3. The van der Waals surface area contributed by atoms with Crippen molar-refractivity contribution >= 4 is 5.91 Å². The third-order valence-corrected chi connectivity index (χ3v) is 4.83. The number of ether oxygens (including phenoxy) is 1. The number of carbonyl (C=O) groups is 1. The zero-order valence-corrected chi connectivity index (χ0v) is 16.2. The minimum atomic E-state index is 0.0425. The maximum Gasteiger partial charge on any atom is 0.260 e. The molecule has 1 amide bonds. The van der Waals surface area contributed by atoms with Gasteiger partial charge in [0.2, 0.25) is 0 Å². The van der Waals surface area contributed by atoms with Crippen LogP contribution in [0.3, 0.4) is 0 Å². The van der Waals surface area contributed by atoms with Crippen molar-refractivity contribution in [1.29, 1.82) is 0 Å². The zero-order chi connectivity index (χ0) is 19.1. The van der Waals surface area contributed by atoms with E-state index in [1.807, 2.05) is 43.1 Å². The first-order valence-electron chi connectivity index (χ1n) is 9.64. The molecule has 6 heteroatoms. The van der Waals surface area contributed by atoms with E-state index in [1.165, 1.54) is 5.56 Å². The van der Waals surface area contributed by atoms with Gasteiger partial charge in [0.15, 0.2) is 6.61 Å². The third-order valence-electron chi connectivity index (χ3n) is 4.83. The molecule has 0 bridgehead atoms. The van der Waals surface area contributed by atoms with Gasteiger partial charge in [-0.2, -0.15) is 0 Å². The van der Waals surface area contributed by atoms with Crippen LogP contribution in [0.15, 0.2) is 36.7 Å². The molecule has 3 rings (SSSR count). The van der Waals surface area contributed by atoms with Crippen LogP contribution in [0.5, 0.6) is 5.75 Å². The molecule has 2 aromatic heterocycles. The lowest BCUT2D eigenvalue weighted by Gasteiger charge is -2.22. The van der Waals surface area contributed by atoms with Gasteiger partial charge in [-0.1, -0.05) is 13.0 Å². The molecule has 1 saturated heterocycles. The Morgan fingerprint density at radius 3 is 2.85 bits per heavy atom. The van der Waals surface area contributed by atoms with Gasteiger partial charge in [-0.3, -0.25) is 19.7 Å². The van der Waals surface area contributed by atoms with Crippen molar-refractivity contribution < 1.29 is 9.53 Å². The molecular formula is C21H28N4O2. The molecule has 0 atom stereocenters. The summed E-state index contributed by atoms with van der Waals surface area (Å²) in [6.07, 6.45) is 5.46. The predicted molar refractivity (Wildman–Crippen MR) is 105 cm³/mol. The lowest BCUT2D eigenvalue weighted by molar-refractivity contribution is -0.133. The summed E-state index contributed by atoms with van der Waals surface area (Å²) in [6.45, 7) is 8.31. The molecule has 6 nitrogen and oxygen atoms in total. The number of aryl methyl sites for hydroxylation is 2. The van der Waals surface area contributed by atoms with Crippen LogP contribution >= 0.6 is 0 Å². The fraction of sp³-hybridized carbons (Fsp3) is 0.476. The summed E-state index contributed by atoms with van der Waals surface area (Å²) >= 11 is 0. The SMILES string of the molecule is CCc1nc(C)ccc1OCC(=O)N1CCCN(Cc2cccnc2)CC1. The van der Waals surface area contributed by atoms with Crippen molar-refractivity contribution in [2.24, 2.45) is 0 Å². The average molecular weight is 368 g/mol. The molecule has 27 heavy (non-hydrogen) atoms. The van der Waals surface area contributed by atoms with Crippen molar-refractivity contribution in [3.63, 3.8) is 0 Å². The maximum absolute atomic E-state index is 12.6. The molecule has 3 heterocycles. The van der Waals surface area contributed by atoms with Gasteiger partial charge in [0.05, 0.1) is 5.69 Å². The van der Waals surface area contributed by atoms with Crippen LogP contribution < -0.4 is 4.74 Å². The number of pyridine rings is 2. The Kier molecular flexibility index (Phi) is 6.76. The fourth-order valence-corrected chi connectivity index (χ4v) is 3.34. The van der Waals surface area contributed by atoms with Gasteiger partial charge in [0.25, 0.3) is 5.91 Å². The lowest BCUT2D eigenvalue weighted by atomic mass is 10.2. The largest absolute Gasteiger partial charge is 0.482 e. The summed E-state index contributed by atoms with van der Waals surface area (Å²) in [5.74, 6) is 0.755. The van der Waals surface area contributed by atoms with E-state index in [0.717, 1.165) is 57.0 Å². The minimum absolute atomic E-state index is 0.0425. The van der Waals surface area contributed by atoms with Gasteiger partial charge in [0.1, 0.15) is 5.75 Å². The molecule has 0 unspecified atom stereocenters. The standard InChI is InChI=1S/C21H28N4O2/c1-3-19-20(8-7-17(2)23-19)27-16-21(26)25-11-5-10-24(12-13-25)15-18-6-4-9-22-14-18/h4,6-9,14H,3,5,10-13,15-16H2,1-2H3. The number of amides is 1. The summed E-state index contributed by atoms with van der Waals surface area (Å²) in [5.41, 5.74) is 3.08. The van der Waals surface area contributed by atoms with Gasteiger partial charge in [0, 0.05) is 50.8 Å². The monoisotopic (exact) mass is 368 g/mol. The third kappa shape index (κ3) is 5.50. The Morgan fingerprint density at radius 1 is 1.19 bits per heavy atom. The predicted octanol–water partition coefficient (Wildman–Crippen LogP) is 2.46. The molecule has 0 radical (unpaired) electrons. The summed E-state index contributed by atoms with van der Waals surface area (Å²) in [6, 6.07) is 7.88. The molecule has 0 aliphatic carbocycles. The number of aromatic nitrogens is 2. The van der Waals surface area contributed by atoms with Crippen LogP contribution in [0, 0.1) is 6.92 Å². The maximum atomic E-state index is 12.6. The van der Waals surface area contributed by atoms with Crippen molar-refractivity contribution in [2.45, 2.75) is 33.2 Å². The highest BCUT2D eigenvalue weighted by molar-refractivity contribution is 5.77.